The highest BCUT2D eigenvalue weighted by atomic mass is 19.1. The van der Waals surface area contributed by atoms with Crippen molar-refractivity contribution in [2.75, 3.05) is 13.2 Å². The predicted octanol–water partition coefficient (Wildman–Crippen LogP) is 5.55. The number of H-pyrrole nitrogens is 2. The van der Waals surface area contributed by atoms with Gasteiger partial charge in [0.2, 0.25) is 0 Å². The van der Waals surface area contributed by atoms with Gasteiger partial charge in [-0.25, -0.2) is 9.37 Å². The maximum absolute atomic E-state index is 13.8. The maximum atomic E-state index is 13.8. The van der Waals surface area contributed by atoms with E-state index in [0.29, 0.717) is 24.4 Å². The number of pyridine rings is 1. The number of aromatic amines is 2. The molecular formula is C23H31FN4O2. The van der Waals surface area contributed by atoms with E-state index >= 15 is 0 Å². The summed E-state index contributed by atoms with van der Waals surface area (Å²) in [5.41, 5.74) is 6.63. The number of halogens is 1. The smallest absolute Gasteiger partial charge is 0.184 e. The first-order valence-electron chi connectivity index (χ1n) is 10.3. The van der Waals surface area contributed by atoms with Crippen molar-refractivity contribution in [1.29, 1.82) is 0 Å². The Morgan fingerprint density at radius 1 is 1.13 bits per heavy atom. The lowest BCUT2D eigenvalue weighted by atomic mass is 10.0. The van der Waals surface area contributed by atoms with Crippen molar-refractivity contribution in [1.82, 2.24) is 19.7 Å². The van der Waals surface area contributed by atoms with Gasteiger partial charge in [-0.2, -0.15) is 0 Å². The van der Waals surface area contributed by atoms with Crippen LogP contribution in [0.4, 0.5) is 4.39 Å². The zero-order valence-corrected chi connectivity index (χ0v) is 18.6. The van der Waals surface area contributed by atoms with Crippen molar-refractivity contribution >= 4 is 11.0 Å². The molecule has 7 heteroatoms. The summed E-state index contributed by atoms with van der Waals surface area (Å²) in [5, 5.41) is 3.37. The number of hydrogen-bond acceptors (Lipinski definition) is 3. The first kappa shape index (κ1) is 22.1. The van der Waals surface area contributed by atoms with E-state index in [9.17, 15) is 4.39 Å². The summed E-state index contributed by atoms with van der Waals surface area (Å²) < 4.78 is 27.2. The summed E-state index contributed by atoms with van der Waals surface area (Å²) in [6.45, 7) is 11.2. The SMILES string of the molecule is CCC.Cc1cc(-c2c[nH]c3cc(F)c(C)nc23)[nH]n(C)cc(C)c1C1OCCO1. The third-order valence-electron chi connectivity index (χ3n) is 4.82. The van der Waals surface area contributed by atoms with Crippen molar-refractivity contribution in [2.24, 2.45) is 7.05 Å². The molecule has 1 saturated heterocycles. The van der Waals surface area contributed by atoms with E-state index in [1.165, 1.54) is 12.5 Å². The molecule has 4 rings (SSSR count). The molecule has 0 unspecified atom stereocenters. The van der Waals surface area contributed by atoms with Gasteiger partial charge in [0.15, 0.2) is 6.29 Å². The molecule has 0 atom stereocenters. The first-order valence-corrected chi connectivity index (χ1v) is 10.3. The first-order chi connectivity index (χ1) is 14.3. The predicted molar refractivity (Wildman–Crippen MR) is 117 cm³/mol. The standard InChI is InChI=1S/C20H23FN4O2.C3H8/c1-11-7-16(14-9-22-17-8-15(21)13(3)23-19(14)17)24-25(4)10-12(2)18(11)20-26-5-6-27-20;1-3-2/h7-10,20,22,24H,5-6H2,1-4H3;3H2,1-2H3. The lowest BCUT2D eigenvalue weighted by Gasteiger charge is -2.16. The van der Waals surface area contributed by atoms with Crippen LogP contribution in [0, 0.1) is 26.6 Å². The normalized spacial score (nSPS) is 14.0. The molecule has 3 aromatic heterocycles. The molecule has 162 valence electrons. The average Bonchev–Trinajstić information content (AvgIpc) is 3.32. The van der Waals surface area contributed by atoms with Crippen LogP contribution in [-0.4, -0.2) is 33.0 Å². The van der Waals surface area contributed by atoms with Crippen LogP contribution < -0.4 is 0 Å². The van der Waals surface area contributed by atoms with Gasteiger partial charge in [0.25, 0.3) is 0 Å². The van der Waals surface area contributed by atoms with Gasteiger partial charge >= 0.3 is 0 Å². The molecule has 0 radical (unpaired) electrons. The molecule has 1 aliphatic heterocycles. The van der Waals surface area contributed by atoms with Gasteiger partial charge in [-0.15, -0.1) is 0 Å². The Morgan fingerprint density at radius 2 is 1.80 bits per heavy atom. The zero-order chi connectivity index (χ0) is 21.8. The minimum atomic E-state index is -0.359. The van der Waals surface area contributed by atoms with E-state index in [1.54, 1.807) is 6.92 Å². The van der Waals surface area contributed by atoms with Crippen molar-refractivity contribution in [3.05, 3.63) is 52.7 Å². The van der Waals surface area contributed by atoms with E-state index in [4.69, 9.17) is 9.47 Å². The third kappa shape index (κ3) is 4.57. The fourth-order valence-electron chi connectivity index (χ4n) is 3.57. The van der Waals surface area contributed by atoms with Crippen molar-refractivity contribution in [2.45, 2.75) is 47.3 Å². The van der Waals surface area contributed by atoms with Crippen LogP contribution in [0.25, 0.3) is 22.3 Å². The summed E-state index contributed by atoms with van der Waals surface area (Å²) >= 11 is 0. The second-order valence-electron chi connectivity index (χ2n) is 7.62. The number of aromatic nitrogens is 4. The largest absolute Gasteiger partial charge is 0.359 e. The Balaban J connectivity index is 0.000000806. The van der Waals surface area contributed by atoms with Crippen LogP contribution in [0.1, 0.15) is 48.9 Å². The van der Waals surface area contributed by atoms with Crippen LogP contribution in [0.15, 0.2) is 24.5 Å². The molecule has 6 nitrogen and oxygen atoms in total. The lowest BCUT2D eigenvalue weighted by molar-refractivity contribution is -0.0449. The highest BCUT2D eigenvalue weighted by molar-refractivity contribution is 5.91. The molecule has 1 aliphatic rings. The summed E-state index contributed by atoms with van der Waals surface area (Å²) in [6.07, 6.45) is 4.74. The molecular weight excluding hydrogens is 383 g/mol. The van der Waals surface area contributed by atoms with E-state index < -0.39 is 0 Å². The van der Waals surface area contributed by atoms with Crippen molar-refractivity contribution < 1.29 is 13.9 Å². The summed E-state index contributed by atoms with van der Waals surface area (Å²) in [6, 6.07) is 3.53. The van der Waals surface area contributed by atoms with E-state index in [-0.39, 0.29) is 12.1 Å². The number of ether oxygens (including phenoxy) is 2. The van der Waals surface area contributed by atoms with E-state index in [1.807, 2.05) is 38.0 Å². The van der Waals surface area contributed by atoms with Crippen LogP contribution in [0.5, 0.6) is 0 Å². The Morgan fingerprint density at radius 3 is 2.47 bits per heavy atom. The molecule has 0 aromatic carbocycles. The third-order valence-corrected chi connectivity index (χ3v) is 4.82. The van der Waals surface area contributed by atoms with Gasteiger partial charge in [0, 0.05) is 36.6 Å². The van der Waals surface area contributed by atoms with Crippen LogP contribution in [0.2, 0.25) is 0 Å². The number of fused-ring (bicyclic) bond motifs is 1. The molecule has 1 fully saturated rings. The molecule has 0 spiro atoms. The molecule has 30 heavy (non-hydrogen) atoms. The Kier molecular flexibility index (Phi) is 6.95. The van der Waals surface area contributed by atoms with Crippen LogP contribution in [0.3, 0.4) is 0 Å². The fourth-order valence-corrected chi connectivity index (χ4v) is 3.57. The lowest BCUT2D eigenvalue weighted by Crippen LogP contribution is -2.06. The number of hydrogen-bond donors (Lipinski definition) is 2. The minimum absolute atomic E-state index is 0.319. The molecule has 0 bridgehead atoms. The topological polar surface area (TPSA) is 67.9 Å². The quantitative estimate of drug-likeness (QED) is 0.578. The number of rotatable bonds is 2. The van der Waals surface area contributed by atoms with Gasteiger partial charge in [0.05, 0.1) is 35.6 Å². The van der Waals surface area contributed by atoms with E-state index in [2.05, 4.69) is 35.0 Å². The highest BCUT2D eigenvalue weighted by Crippen LogP contribution is 2.31. The summed E-state index contributed by atoms with van der Waals surface area (Å²) in [7, 11) is 1.93. The molecule has 0 amide bonds. The molecule has 2 N–H and O–H groups in total. The Hall–Kier alpha value is -2.64. The van der Waals surface area contributed by atoms with Gasteiger partial charge in [-0.1, -0.05) is 20.3 Å². The van der Waals surface area contributed by atoms with Gasteiger partial charge in [-0.3, -0.25) is 9.78 Å². The summed E-state index contributed by atoms with van der Waals surface area (Å²) in [5.74, 6) is -0.319. The van der Waals surface area contributed by atoms with Crippen LogP contribution >= 0.6 is 0 Å². The average molecular weight is 415 g/mol. The molecule has 0 saturated carbocycles. The fraction of sp³-hybridized carbons (Fsp3) is 0.435. The minimum Gasteiger partial charge on any atom is -0.359 e. The second-order valence-corrected chi connectivity index (χ2v) is 7.62. The van der Waals surface area contributed by atoms with Crippen molar-refractivity contribution in [3.8, 4) is 11.3 Å². The monoisotopic (exact) mass is 414 g/mol. The summed E-state index contributed by atoms with van der Waals surface area (Å²) in [4.78, 5) is 7.55. The zero-order valence-electron chi connectivity index (χ0n) is 18.6. The Labute approximate surface area is 176 Å². The number of aryl methyl sites for hydroxylation is 4. The van der Waals surface area contributed by atoms with Crippen LogP contribution in [-0.2, 0) is 16.5 Å². The van der Waals surface area contributed by atoms with Crippen molar-refractivity contribution in [3.63, 3.8) is 0 Å². The highest BCUT2D eigenvalue weighted by Gasteiger charge is 2.22. The van der Waals surface area contributed by atoms with Gasteiger partial charge in [0.1, 0.15) is 5.82 Å². The molecule has 0 aliphatic carbocycles. The molecule has 3 aromatic rings. The second kappa shape index (κ2) is 9.45. The molecule has 4 heterocycles. The van der Waals surface area contributed by atoms with E-state index in [0.717, 1.165) is 33.5 Å². The number of nitrogens with zero attached hydrogens (tertiary/aromatic N) is 2. The maximum Gasteiger partial charge on any atom is 0.184 e. The Bertz CT molecular complexity index is 1070. The van der Waals surface area contributed by atoms with Gasteiger partial charge in [-0.05, 0) is 38.0 Å². The number of nitrogens with one attached hydrogen (secondary N) is 2. The van der Waals surface area contributed by atoms with Gasteiger partial charge < -0.3 is 14.5 Å².